The van der Waals surface area contributed by atoms with Gasteiger partial charge in [0.15, 0.2) is 11.1 Å². The highest BCUT2D eigenvalue weighted by Gasteiger charge is 2.26. The zero-order valence-electron chi connectivity index (χ0n) is 25.7. The molecule has 0 bridgehead atoms. The Morgan fingerprint density at radius 2 is 1.47 bits per heavy atom. The highest BCUT2D eigenvalue weighted by atomic mass is 32.2. The number of carboxylic acids is 1. The van der Waals surface area contributed by atoms with Crippen LogP contribution >= 0.6 is 0 Å². The molecule has 0 unspecified atom stereocenters. The summed E-state index contributed by atoms with van der Waals surface area (Å²) in [5.41, 5.74) is 20.6. The molecule has 2 aliphatic rings. The number of carboxylic acid groups (broad SMARTS) is 1. The smallest absolute Gasteiger partial charge is 0.339 e. The minimum atomic E-state index is -4.84. The number of carbonyl (C=O) groups excluding carboxylic acids is 2. The molecule has 0 spiro atoms. The summed E-state index contributed by atoms with van der Waals surface area (Å²) >= 11 is 0. The second kappa shape index (κ2) is 14.4. The number of anilines is 5. The summed E-state index contributed by atoms with van der Waals surface area (Å²) in [7, 11) is -4.84. The number of nitrogens with zero attached hydrogens (tertiary/aromatic N) is 4. The van der Waals surface area contributed by atoms with E-state index in [1.165, 1.54) is 36.4 Å². The number of hydrazone groups is 1. The van der Waals surface area contributed by atoms with Crippen molar-refractivity contribution in [1.82, 2.24) is 5.43 Å². The Labute approximate surface area is 285 Å². The maximum Gasteiger partial charge on any atom is 0.339 e. The van der Waals surface area contributed by atoms with Crippen molar-refractivity contribution in [2.75, 3.05) is 27.7 Å². The van der Waals surface area contributed by atoms with Gasteiger partial charge in [0, 0.05) is 5.69 Å². The van der Waals surface area contributed by atoms with Crippen molar-refractivity contribution in [2.24, 2.45) is 20.4 Å². The molecule has 3 aromatic carbocycles. The van der Waals surface area contributed by atoms with E-state index in [0.717, 1.165) is 36.4 Å². The molecule has 0 heterocycles. The van der Waals surface area contributed by atoms with Crippen LogP contribution in [0.25, 0.3) is 0 Å². The lowest BCUT2D eigenvalue weighted by molar-refractivity contribution is -0.134. The Morgan fingerprint density at radius 3 is 2.12 bits per heavy atom. The molecule has 5 rings (SSSR count). The molecular weight excluding hydrogens is 688 g/mol. The molecule has 0 aliphatic heterocycles. The van der Waals surface area contributed by atoms with Crippen molar-refractivity contribution in [3.63, 3.8) is 0 Å². The first-order valence-electron chi connectivity index (χ1n) is 14.2. The van der Waals surface area contributed by atoms with Gasteiger partial charge in [0.2, 0.25) is 16.6 Å². The van der Waals surface area contributed by atoms with E-state index >= 15 is 0 Å². The van der Waals surface area contributed by atoms with Crippen molar-refractivity contribution in [2.45, 2.75) is 0 Å². The number of carbonyl (C=O) groups is 3. The van der Waals surface area contributed by atoms with E-state index < -0.39 is 65.4 Å². The molecule has 51 heavy (non-hydrogen) atoms. The molecule has 10 N–H and O–H groups in total. The quantitative estimate of drug-likeness (QED) is 0.0325. The van der Waals surface area contributed by atoms with Crippen LogP contribution in [-0.4, -0.2) is 47.0 Å². The van der Waals surface area contributed by atoms with Crippen LogP contribution in [0.3, 0.4) is 0 Å². The van der Waals surface area contributed by atoms with Crippen molar-refractivity contribution in [3.8, 4) is 0 Å². The summed E-state index contributed by atoms with van der Waals surface area (Å²) in [5, 5.41) is 23.5. The van der Waals surface area contributed by atoms with Gasteiger partial charge in [-0.1, -0.05) is 0 Å². The standard InChI is InChI=1S/C31H24N10O9S/c32-15-1-7-22(21(33)11-15)37-39-24-13-19(51(48,49)50)14-25(29(24)44)40-38-23-8-10-27(43)28(30(23)45)41-35-17-4-2-16(3-5-17)34-36-18-6-9-26(42)20(12-18)31(46)47/h1-14,34-35,37,39H,32-33H2,(H,46,47)(H,48,49,50). The topological polar surface area (TPSA) is 310 Å². The Kier molecular flexibility index (Phi) is 9.90. The predicted molar refractivity (Wildman–Crippen MR) is 186 cm³/mol. The maximum atomic E-state index is 13.1. The van der Waals surface area contributed by atoms with Crippen LogP contribution in [0.2, 0.25) is 0 Å². The van der Waals surface area contributed by atoms with E-state index in [1.54, 1.807) is 12.1 Å². The third-order valence-electron chi connectivity index (χ3n) is 6.78. The largest absolute Gasteiger partial charge is 0.478 e. The van der Waals surface area contributed by atoms with Gasteiger partial charge in [-0.3, -0.25) is 45.4 Å². The Balaban J connectivity index is 1.36. The monoisotopic (exact) mass is 712 g/mol. The average Bonchev–Trinajstić information content (AvgIpc) is 3.08. The van der Waals surface area contributed by atoms with Crippen LogP contribution in [0.15, 0.2) is 131 Å². The second-order valence-electron chi connectivity index (χ2n) is 10.4. The normalized spacial score (nSPS) is 16.8. The minimum Gasteiger partial charge on any atom is -0.478 e. The van der Waals surface area contributed by atoms with Gasteiger partial charge in [0.1, 0.15) is 22.3 Å². The molecule has 19 nitrogen and oxygen atoms in total. The lowest BCUT2D eigenvalue weighted by Gasteiger charge is -2.17. The lowest BCUT2D eigenvalue weighted by Crippen LogP contribution is -2.47. The molecule has 3 aromatic rings. The molecule has 0 saturated carbocycles. The van der Waals surface area contributed by atoms with Crippen molar-refractivity contribution in [3.05, 3.63) is 132 Å². The first kappa shape index (κ1) is 35.0. The van der Waals surface area contributed by atoms with Gasteiger partial charge in [0.05, 0.1) is 33.4 Å². The van der Waals surface area contributed by atoms with E-state index in [1.807, 2.05) is 0 Å². The van der Waals surface area contributed by atoms with Gasteiger partial charge in [-0.2, -0.15) is 18.6 Å². The summed E-state index contributed by atoms with van der Waals surface area (Å²) in [6.45, 7) is 0. The Bertz CT molecular complexity index is 2530. The van der Waals surface area contributed by atoms with E-state index in [0.29, 0.717) is 17.1 Å². The molecule has 258 valence electrons. The number of nitrogen functional groups attached to an aromatic ring is 2. The first-order chi connectivity index (χ1) is 24.2. The number of benzene rings is 3. The zero-order chi connectivity index (χ0) is 36.9. The Hall–Kier alpha value is -7.32. The summed E-state index contributed by atoms with van der Waals surface area (Å²) in [6.07, 6.45) is 5.12. The number of hydrogen-bond acceptors (Lipinski definition) is 17. The second-order valence-corrected chi connectivity index (χ2v) is 11.8. The van der Waals surface area contributed by atoms with Crippen LogP contribution in [0.1, 0.15) is 0 Å². The Morgan fingerprint density at radius 1 is 0.784 bits per heavy atom. The fourth-order valence-corrected chi connectivity index (χ4v) is 4.72. The number of aliphatic carboxylic acids is 1. The average molecular weight is 713 g/mol. The number of hydrazine groups is 1. The summed E-state index contributed by atoms with van der Waals surface area (Å²) in [4.78, 5) is 60.7. The van der Waals surface area contributed by atoms with Gasteiger partial charge in [-0.15, -0.1) is 10.2 Å². The van der Waals surface area contributed by atoms with Crippen molar-refractivity contribution < 1.29 is 32.5 Å². The number of ketones is 2. The van der Waals surface area contributed by atoms with E-state index in [4.69, 9.17) is 16.6 Å². The summed E-state index contributed by atoms with van der Waals surface area (Å²) in [5.74, 6) is -2.92. The predicted octanol–water partition coefficient (Wildman–Crippen LogP) is -0.596. The van der Waals surface area contributed by atoms with Gasteiger partial charge in [-0.05, 0) is 85.0 Å². The number of rotatable bonds is 10. The van der Waals surface area contributed by atoms with Crippen molar-refractivity contribution >= 4 is 67.5 Å². The number of nitrogens with two attached hydrogens (primary N) is 2. The summed E-state index contributed by atoms with van der Waals surface area (Å²) < 4.78 is 33.5. The van der Waals surface area contributed by atoms with E-state index in [9.17, 15) is 36.9 Å². The highest BCUT2D eigenvalue weighted by molar-refractivity contribution is 7.90. The molecular formula is C31H24N10O9S. The van der Waals surface area contributed by atoms with E-state index in [2.05, 4.69) is 42.1 Å². The number of allylic oxidation sites excluding steroid dienone is 6. The van der Waals surface area contributed by atoms with Crippen LogP contribution in [0.4, 0.5) is 28.4 Å². The molecule has 0 amide bonds. The van der Waals surface area contributed by atoms with Gasteiger partial charge >= 0.3 is 5.97 Å². The van der Waals surface area contributed by atoms with Crippen LogP contribution in [0.5, 0.6) is 0 Å². The lowest BCUT2D eigenvalue weighted by atomic mass is 10.0. The van der Waals surface area contributed by atoms with Crippen LogP contribution < -0.4 is 54.7 Å². The molecule has 0 radical (unpaired) electrons. The van der Waals surface area contributed by atoms with Crippen LogP contribution in [0, 0.1) is 0 Å². The summed E-state index contributed by atoms with van der Waals surface area (Å²) in [6, 6.07) is 12.6. The van der Waals surface area contributed by atoms with Gasteiger partial charge < -0.3 is 16.6 Å². The third-order valence-corrected chi connectivity index (χ3v) is 7.61. The number of nitrogens with one attached hydrogen (secondary N) is 4. The zero-order valence-corrected chi connectivity index (χ0v) is 26.5. The molecule has 0 atom stereocenters. The molecule has 20 heteroatoms. The SMILES string of the molecule is Nc1ccc(NNC2=CC(S(=O)(=O)O)=CC(=NN=c3ccc(=O)c(=NNc4ccc(NN=C5C=CC(=O)C(C(=O)O)=C5)cc4)c3=O)C2=O)c(N)c1. The van der Waals surface area contributed by atoms with E-state index in [-0.39, 0.29) is 22.8 Å². The first-order valence-corrected chi connectivity index (χ1v) is 15.6. The van der Waals surface area contributed by atoms with Gasteiger partial charge in [0.25, 0.3) is 10.1 Å². The molecule has 0 aromatic heterocycles. The third kappa shape index (κ3) is 8.40. The fraction of sp³-hybridized carbons (Fsp3) is 0. The minimum absolute atomic E-state index is 0.193. The fourth-order valence-electron chi connectivity index (χ4n) is 4.19. The maximum absolute atomic E-state index is 13.1. The van der Waals surface area contributed by atoms with Crippen LogP contribution in [-0.2, 0) is 24.5 Å². The molecule has 0 saturated heterocycles. The highest BCUT2D eigenvalue weighted by Crippen LogP contribution is 2.22. The number of Topliss-reactive ketones (excluding diaryl/α,β-unsaturated/α-hetero) is 1. The molecule has 2 aliphatic carbocycles. The number of hydrogen-bond donors (Lipinski definition) is 8. The van der Waals surface area contributed by atoms with Crippen molar-refractivity contribution in [1.29, 1.82) is 0 Å². The molecule has 0 fully saturated rings. The van der Waals surface area contributed by atoms with Gasteiger partial charge in [-0.25, -0.2) is 4.79 Å².